The molecule has 24 heavy (non-hydrogen) atoms. The lowest BCUT2D eigenvalue weighted by Gasteiger charge is -2.25. The van der Waals surface area contributed by atoms with Gasteiger partial charge in [0.15, 0.2) is 5.82 Å². The summed E-state index contributed by atoms with van der Waals surface area (Å²) in [5, 5.41) is 0.984. The number of hydrogen-bond acceptors (Lipinski definition) is 6. The van der Waals surface area contributed by atoms with Gasteiger partial charge in [-0.15, -0.1) is 11.3 Å². The number of thiophene rings is 1. The molecular formula is C18H20N4S2. The fourth-order valence-electron chi connectivity index (χ4n) is 2.96. The molecule has 1 saturated heterocycles. The summed E-state index contributed by atoms with van der Waals surface area (Å²) in [6, 6.07) is 10.4. The van der Waals surface area contributed by atoms with E-state index in [4.69, 9.17) is 10.7 Å². The summed E-state index contributed by atoms with van der Waals surface area (Å²) in [5.41, 5.74) is 8.44. The Morgan fingerprint density at radius 3 is 2.79 bits per heavy atom. The minimum Gasteiger partial charge on any atom is -0.383 e. The summed E-state index contributed by atoms with van der Waals surface area (Å²) in [7, 11) is 0. The monoisotopic (exact) mass is 356 g/mol. The standard InChI is InChI=1S/C18H20N4S2/c1-12-3-2-4-13(9-12)17-20-16(19)15-10-14(24-18(15)21-17)11-22-5-7-23-8-6-22/h2-4,9-10H,5-8,11H2,1H3,(H2,19,20,21). The van der Waals surface area contributed by atoms with Crippen LogP contribution in [-0.2, 0) is 6.54 Å². The minimum atomic E-state index is 0.577. The Bertz CT molecular complexity index is 869. The quantitative estimate of drug-likeness (QED) is 0.774. The van der Waals surface area contributed by atoms with Crippen LogP contribution in [0.1, 0.15) is 10.4 Å². The van der Waals surface area contributed by atoms with Crippen LogP contribution in [0.5, 0.6) is 0 Å². The summed E-state index contributed by atoms with van der Waals surface area (Å²) in [4.78, 5) is 14.1. The highest BCUT2D eigenvalue weighted by molar-refractivity contribution is 7.99. The lowest BCUT2D eigenvalue weighted by atomic mass is 10.1. The normalized spacial score (nSPS) is 15.9. The molecule has 4 nitrogen and oxygen atoms in total. The van der Waals surface area contributed by atoms with Gasteiger partial charge in [0.25, 0.3) is 0 Å². The number of aryl methyl sites for hydroxylation is 1. The largest absolute Gasteiger partial charge is 0.383 e. The number of rotatable bonds is 3. The molecule has 124 valence electrons. The Hall–Kier alpha value is -1.63. The fourth-order valence-corrected chi connectivity index (χ4v) is 5.02. The zero-order chi connectivity index (χ0) is 16.5. The fraction of sp³-hybridized carbons (Fsp3) is 0.333. The van der Waals surface area contributed by atoms with Crippen molar-refractivity contribution in [3.05, 3.63) is 40.8 Å². The van der Waals surface area contributed by atoms with Crippen LogP contribution in [0.2, 0.25) is 0 Å². The molecule has 1 aliphatic heterocycles. The molecule has 4 rings (SSSR count). The van der Waals surface area contributed by atoms with Crippen molar-refractivity contribution in [2.45, 2.75) is 13.5 Å². The second-order valence-electron chi connectivity index (χ2n) is 6.12. The van der Waals surface area contributed by atoms with Gasteiger partial charge in [0.2, 0.25) is 0 Å². The first-order valence-corrected chi connectivity index (χ1v) is 10.1. The Morgan fingerprint density at radius 1 is 1.17 bits per heavy atom. The summed E-state index contributed by atoms with van der Waals surface area (Å²) in [5.74, 6) is 3.74. The van der Waals surface area contributed by atoms with Crippen LogP contribution in [0.15, 0.2) is 30.3 Å². The van der Waals surface area contributed by atoms with Gasteiger partial charge in [-0.25, -0.2) is 9.97 Å². The van der Waals surface area contributed by atoms with E-state index in [1.165, 1.54) is 21.9 Å². The van der Waals surface area contributed by atoms with Crippen molar-refractivity contribution >= 4 is 39.1 Å². The third-order valence-electron chi connectivity index (χ3n) is 4.23. The highest BCUT2D eigenvalue weighted by atomic mass is 32.2. The summed E-state index contributed by atoms with van der Waals surface area (Å²) < 4.78 is 0. The van der Waals surface area contributed by atoms with Crippen LogP contribution >= 0.6 is 23.1 Å². The van der Waals surface area contributed by atoms with Crippen LogP contribution in [0.3, 0.4) is 0 Å². The van der Waals surface area contributed by atoms with Crippen molar-refractivity contribution in [1.82, 2.24) is 14.9 Å². The van der Waals surface area contributed by atoms with Crippen molar-refractivity contribution in [1.29, 1.82) is 0 Å². The highest BCUT2D eigenvalue weighted by Gasteiger charge is 2.15. The summed E-state index contributed by atoms with van der Waals surface area (Å²) in [6.07, 6.45) is 0. The average Bonchev–Trinajstić information content (AvgIpc) is 2.99. The van der Waals surface area contributed by atoms with Crippen molar-refractivity contribution in [2.24, 2.45) is 0 Å². The molecule has 3 heterocycles. The molecule has 0 spiro atoms. The second kappa shape index (κ2) is 6.70. The minimum absolute atomic E-state index is 0.577. The Labute approximate surface area is 150 Å². The van der Waals surface area contributed by atoms with E-state index in [0.29, 0.717) is 11.6 Å². The molecule has 0 aliphatic carbocycles. The number of nitrogens with zero attached hydrogens (tertiary/aromatic N) is 3. The van der Waals surface area contributed by atoms with E-state index < -0.39 is 0 Å². The molecule has 1 aromatic carbocycles. The molecule has 0 amide bonds. The maximum absolute atomic E-state index is 6.22. The van der Waals surface area contributed by atoms with Crippen molar-refractivity contribution in [2.75, 3.05) is 30.3 Å². The highest BCUT2D eigenvalue weighted by Crippen LogP contribution is 2.31. The van der Waals surface area contributed by atoms with Gasteiger partial charge in [-0.1, -0.05) is 23.8 Å². The van der Waals surface area contributed by atoms with Gasteiger partial charge in [-0.3, -0.25) is 4.90 Å². The Kier molecular flexibility index (Phi) is 4.43. The third kappa shape index (κ3) is 3.27. The van der Waals surface area contributed by atoms with E-state index in [1.807, 2.05) is 23.9 Å². The molecule has 2 aromatic heterocycles. The molecule has 0 atom stereocenters. The Balaban J connectivity index is 1.67. The zero-order valence-corrected chi connectivity index (χ0v) is 15.3. The first-order chi connectivity index (χ1) is 11.7. The van der Waals surface area contributed by atoms with Crippen LogP contribution in [0, 0.1) is 6.92 Å². The summed E-state index contributed by atoms with van der Waals surface area (Å²) >= 11 is 3.78. The maximum Gasteiger partial charge on any atom is 0.163 e. The molecule has 0 saturated carbocycles. The van der Waals surface area contributed by atoms with E-state index in [1.54, 1.807) is 11.3 Å². The third-order valence-corrected chi connectivity index (χ3v) is 6.19. The number of nitrogens with two attached hydrogens (primary N) is 1. The van der Waals surface area contributed by atoms with Crippen LogP contribution < -0.4 is 5.73 Å². The van der Waals surface area contributed by atoms with Crippen molar-refractivity contribution < 1.29 is 0 Å². The van der Waals surface area contributed by atoms with Crippen LogP contribution in [0.25, 0.3) is 21.6 Å². The van der Waals surface area contributed by atoms with Gasteiger partial charge in [-0.05, 0) is 19.1 Å². The predicted molar refractivity (Wildman–Crippen MR) is 105 cm³/mol. The van der Waals surface area contributed by atoms with Gasteiger partial charge in [0, 0.05) is 41.6 Å². The van der Waals surface area contributed by atoms with Crippen LogP contribution in [0.4, 0.5) is 5.82 Å². The first-order valence-electron chi connectivity index (χ1n) is 8.12. The number of thioether (sulfide) groups is 1. The topological polar surface area (TPSA) is 55.0 Å². The first kappa shape index (κ1) is 15.9. The van der Waals surface area contributed by atoms with Gasteiger partial charge in [0.05, 0.1) is 5.39 Å². The van der Waals surface area contributed by atoms with E-state index in [0.717, 1.165) is 35.4 Å². The van der Waals surface area contributed by atoms with Crippen molar-refractivity contribution in [3.8, 4) is 11.4 Å². The zero-order valence-electron chi connectivity index (χ0n) is 13.7. The van der Waals surface area contributed by atoms with Gasteiger partial charge in [0.1, 0.15) is 10.6 Å². The van der Waals surface area contributed by atoms with Gasteiger partial charge >= 0.3 is 0 Å². The molecular weight excluding hydrogens is 336 g/mol. The Morgan fingerprint density at radius 2 is 2.00 bits per heavy atom. The predicted octanol–water partition coefficient (Wildman–Crippen LogP) is 3.80. The summed E-state index contributed by atoms with van der Waals surface area (Å²) in [6.45, 7) is 5.38. The van der Waals surface area contributed by atoms with E-state index in [2.05, 4.69) is 35.0 Å². The molecule has 2 N–H and O–H groups in total. The number of nitrogen functional groups attached to an aromatic ring is 1. The van der Waals surface area contributed by atoms with Crippen molar-refractivity contribution in [3.63, 3.8) is 0 Å². The van der Waals surface area contributed by atoms with Gasteiger partial charge < -0.3 is 5.73 Å². The van der Waals surface area contributed by atoms with Crippen LogP contribution in [-0.4, -0.2) is 39.5 Å². The van der Waals surface area contributed by atoms with Gasteiger partial charge in [-0.2, -0.15) is 11.8 Å². The molecule has 0 radical (unpaired) electrons. The molecule has 6 heteroatoms. The molecule has 3 aromatic rings. The molecule has 0 bridgehead atoms. The number of benzene rings is 1. The number of fused-ring (bicyclic) bond motifs is 1. The smallest absolute Gasteiger partial charge is 0.163 e. The number of hydrogen-bond donors (Lipinski definition) is 1. The van der Waals surface area contributed by atoms with E-state index >= 15 is 0 Å². The molecule has 0 unspecified atom stereocenters. The SMILES string of the molecule is Cc1cccc(-c2nc(N)c3cc(CN4CCSCC4)sc3n2)c1. The van der Waals surface area contributed by atoms with E-state index in [-0.39, 0.29) is 0 Å². The lowest BCUT2D eigenvalue weighted by molar-refractivity contribution is 0.297. The number of anilines is 1. The lowest BCUT2D eigenvalue weighted by Crippen LogP contribution is -2.31. The maximum atomic E-state index is 6.22. The van der Waals surface area contributed by atoms with E-state index in [9.17, 15) is 0 Å². The molecule has 1 fully saturated rings. The average molecular weight is 357 g/mol. The number of aromatic nitrogens is 2. The second-order valence-corrected chi connectivity index (χ2v) is 8.46. The molecule has 1 aliphatic rings.